The molecule has 1 saturated heterocycles. The Morgan fingerprint density at radius 3 is 2.78 bits per heavy atom. The minimum atomic E-state index is -1.26. The molecule has 9 nitrogen and oxygen atoms in total. The number of fused-ring (bicyclic) bond motifs is 1. The average Bonchev–Trinajstić information content (AvgIpc) is 2.68. The van der Waals surface area contributed by atoms with E-state index < -0.39 is 5.66 Å². The molecule has 0 amide bonds. The van der Waals surface area contributed by atoms with Crippen LogP contribution in [0.15, 0.2) is 23.2 Å². The maximum absolute atomic E-state index is 6.69. The van der Waals surface area contributed by atoms with Crippen molar-refractivity contribution in [1.82, 2.24) is 9.97 Å². The van der Waals surface area contributed by atoms with Gasteiger partial charge in [-0.1, -0.05) is 0 Å². The molecule has 5 N–H and O–H groups in total. The Labute approximate surface area is 161 Å². The van der Waals surface area contributed by atoms with E-state index in [1.165, 1.54) is 6.34 Å². The number of hydrogen-bond donors (Lipinski definition) is 3. The average molecular weight is 390 g/mol. The maximum atomic E-state index is 6.69. The number of rotatable bonds is 3. The first kappa shape index (κ1) is 17.8. The number of nitrogens with two attached hydrogens (primary N) is 2. The van der Waals surface area contributed by atoms with Crippen LogP contribution in [-0.2, 0) is 10.4 Å². The van der Waals surface area contributed by atoms with Crippen LogP contribution in [0.2, 0.25) is 5.28 Å². The Bertz CT molecular complexity index is 901. The number of nitrogens with zero attached hydrogens (tertiary/aromatic N) is 4. The van der Waals surface area contributed by atoms with Gasteiger partial charge in [0.05, 0.1) is 43.7 Å². The van der Waals surface area contributed by atoms with E-state index in [1.54, 1.807) is 19.2 Å². The summed E-state index contributed by atoms with van der Waals surface area (Å²) in [6.07, 6.45) is 1.53. The molecule has 0 aliphatic carbocycles. The Morgan fingerprint density at radius 1 is 1.26 bits per heavy atom. The van der Waals surface area contributed by atoms with Crippen molar-refractivity contribution in [2.75, 3.05) is 49.4 Å². The van der Waals surface area contributed by atoms with E-state index in [4.69, 9.17) is 32.5 Å². The number of aliphatic imine (C=N–C) groups is 1. The van der Waals surface area contributed by atoms with Crippen LogP contribution in [0.1, 0.15) is 11.3 Å². The summed E-state index contributed by atoms with van der Waals surface area (Å²) in [7, 11) is 1.56. The molecule has 4 rings (SSSR count). The van der Waals surface area contributed by atoms with Crippen LogP contribution in [-0.4, -0.2) is 49.7 Å². The summed E-state index contributed by atoms with van der Waals surface area (Å²) >= 11 is 6.21. The van der Waals surface area contributed by atoms with Crippen LogP contribution < -0.4 is 26.4 Å². The lowest BCUT2D eigenvalue weighted by Crippen LogP contribution is -2.41. The number of nitrogens with one attached hydrogen (secondary N) is 1. The molecule has 0 bridgehead atoms. The van der Waals surface area contributed by atoms with E-state index in [2.05, 4.69) is 25.2 Å². The monoisotopic (exact) mass is 389 g/mol. The van der Waals surface area contributed by atoms with Crippen molar-refractivity contribution in [1.29, 1.82) is 0 Å². The number of hydrogen-bond acceptors (Lipinski definition) is 9. The summed E-state index contributed by atoms with van der Waals surface area (Å²) in [6.45, 7) is 2.70. The molecule has 27 heavy (non-hydrogen) atoms. The van der Waals surface area contributed by atoms with E-state index in [0.29, 0.717) is 41.7 Å². The molecular weight excluding hydrogens is 370 g/mol. The van der Waals surface area contributed by atoms with Crippen molar-refractivity contribution in [2.45, 2.75) is 5.66 Å². The molecule has 3 heterocycles. The third-order valence-corrected chi connectivity index (χ3v) is 4.85. The maximum Gasteiger partial charge on any atom is 0.224 e. The zero-order chi connectivity index (χ0) is 19.0. The van der Waals surface area contributed by atoms with Gasteiger partial charge < -0.3 is 25.4 Å². The second-order valence-corrected chi connectivity index (χ2v) is 6.63. The number of benzene rings is 1. The first-order chi connectivity index (χ1) is 13.0. The molecule has 2 aliphatic rings. The molecule has 1 unspecified atom stereocenters. The van der Waals surface area contributed by atoms with Gasteiger partial charge in [0.2, 0.25) is 5.28 Å². The summed E-state index contributed by atoms with van der Waals surface area (Å²) in [5, 5.41) is 3.18. The first-order valence-corrected chi connectivity index (χ1v) is 8.84. The van der Waals surface area contributed by atoms with Gasteiger partial charge in [0.1, 0.15) is 11.6 Å². The Kier molecular flexibility index (Phi) is 4.50. The van der Waals surface area contributed by atoms with Gasteiger partial charge in [-0.2, -0.15) is 0 Å². The highest BCUT2D eigenvalue weighted by atomic mass is 35.5. The van der Waals surface area contributed by atoms with E-state index in [1.807, 2.05) is 6.07 Å². The topological polar surface area (TPSA) is 124 Å². The lowest BCUT2D eigenvalue weighted by molar-refractivity contribution is 0.122. The van der Waals surface area contributed by atoms with E-state index >= 15 is 0 Å². The van der Waals surface area contributed by atoms with Crippen LogP contribution in [0.25, 0.3) is 0 Å². The number of methoxy groups -OCH3 is 1. The minimum Gasteiger partial charge on any atom is -0.495 e. The normalized spacial score (nSPS) is 21.5. The van der Waals surface area contributed by atoms with E-state index in [-0.39, 0.29) is 5.28 Å². The van der Waals surface area contributed by atoms with Crippen LogP contribution in [0, 0.1) is 0 Å². The molecule has 1 aromatic carbocycles. The third kappa shape index (κ3) is 3.14. The van der Waals surface area contributed by atoms with Gasteiger partial charge in [0.25, 0.3) is 0 Å². The van der Waals surface area contributed by atoms with Crippen molar-refractivity contribution in [3.63, 3.8) is 0 Å². The van der Waals surface area contributed by atoms with Gasteiger partial charge in [0.15, 0.2) is 5.66 Å². The van der Waals surface area contributed by atoms with Crippen LogP contribution in [0.3, 0.4) is 0 Å². The Morgan fingerprint density at radius 2 is 2.04 bits per heavy atom. The fraction of sp³-hybridized carbons (Fsp3) is 0.353. The highest BCUT2D eigenvalue weighted by Gasteiger charge is 2.37. The summed E-state index contributed by atoms with van der Waals surface area (Å²) in [6, 6.07) is 5.33. The van der Waals surface area contributed by atoms with Gasteiger partial charge in [-0.05, 0) is 17.7 Å². The molecular formula is C17H20ClN7O2. The Balaban J connectivity index is 1.81. The second-order valence-electron chi connectivity index (χ2n) is 6.29. The van der Waals surface area contributed by atoms with Gasteiger partial charge in [-0.3, -0.25) is 5.73 Å². The molecule has 0 spiro atoms. The molecule has 1 aromatic heterocycles. The number of ether oxygens (including phenoxy) is 2. The quantitative estimate of drug-likeness (QED) is 0.528. The van der Waals surface area contributed by atoms with Crippen molar-refractivity contribution in [3.05, 3.63) is 34.7 Å². The molecule has 2 aliphatic heterocycles. The molecule has 1 fully saturated rings. The number of aromatic nitrogens is 2. The Hall–Kier alpha value is -2.62. The highest BCUT2D eigenvalue weighted by Crippen LogP contribution is 2.40. The third-order valence-electron chi connectivity index (χ3n) is 4.68. The van der Waals surface area contributed by atoms with Crippen LogP contribution in [0.4, 0.5) is 17.2 Å². The number of nitrogen functional groups attached to an aromatic ring is 1. The second kappa shape index (κ2) is 6.84. The summed E-state index contributed by atoms with van der Waals surface area (Å²) < 4.78 is 10.7. The first-order valence-electron chi connectivity index (χ1n) is 8.46. The SMILES string of the molecule is COc1cc2c(cc1N)C(N)(c1cc(N3CCOCC3)nc(Cl)n1)N=CN2. The zero-order valence-electron chi connectivity index (χ0n) is 14.8. The summed E-state index contributed by atoms with van der Waals surface area (Å²) in [5.74, 6) is 1.24. The molecule has 0 saturated carbocycles. The fourth-order valence-corrected chi connectivity index (χ4v) is 3.42. The van der Waals surface area contributed by atoms with Crippen LogP contribution >= 0.6 is 11.6 Å². The molecule has 10 heteroatoms. The van der Waals surface area contributed by atoms with Gasteiger partial charge in [-0.15, -0.1) is 0 Å². The van der Waals surface area contributed by atoms with Crippen molar-refractivity contribution >= 4 is 35.1 Å². The van der Waals surface area contributed by atoms with Gasteiger partial charge in [0, 0.05) is 30.8 Å². The van der Waals surface area contributed by atoms with Crippen molar-refractivity contribution < 1.29 is 9.47 Å². The number of anilines is 3. The predicted octanol–water partition coefficient (Wildman–Crippen LogP) is 1.17. The standard InChI is InChI=1S/C17H20ClN7O2/c1-26-13-7-12-10(6-11(13)19)17(20,22-9-21-12)14-8-15(24-16(18)23-14)25-2-4-27-5-3-25/h6-9H,2-5,19-20H2,1H3,(H,21,22). The fourth-order valence-electron chi connectivity index (χ4n) is 3.24. The van der Waals surface area contributed by atoms with E-state index in [0.717, 1.165) is 18.8 Å². The van der Waals surface area contributed by atoms with Crippen molar-refractivity contribution in [2.24, 2.45) is 10.7 Å². The molecule has 2 aromatic rings. The lowest BCUT2D eigenvalue weighted by atomic mass is 9.93. The number of morpholine rings is 1. The summed E-state index contributed by atoms with van der Waals surface area (Å²) in [4.78, 5) is 15.2. The molecule has 142 valence electrons. The molecule has 0 radical (unpaired) electrons. The largest absolute Gasteiger partial charge is 0.495 e. The molecule has 1 atom stereocenters. The minimum absolute atomic E-state index is 0.107. The lowest BCUT2D eigenvalue weighted by Gasteiger charge is -2.32. The van der Waals surface area contributed by atoms with Gasteiger partial charge >= 0.3 is 0 Å². The zero-order valence-corrected chi connectivity index (χ0v) is 15.5. The predicted molar refractivity (Wildman–Crippen MR) is 105 cm³/mol. The summed E-state index contributed by atoms with van der Waals surface area (Å²) in [5.41, 5.74) is 13.9. The van der Waals surface area contributed by atoms with Gasteiger partial charge in [-0.25, -0.2) is 15.0 Å². The van der Waals surface area contributed by atoms with Crippen molar-refractivity contribution in [3.8, 4) is 5.75 Å². The van der Waals surface area contributed by atoms with E-state index in [9.17, 15) is 0 Å². The number of halogens is 1. The van der Waals surface area contributed by atoms with Crippen LogP contribution in [0.5, 0.6) is 5.75 Å². The smallest absolute Gasteiger partial charge is 0.224 e. The highest BCUT2D eigenvalue weighted by molar-refractivity contribution is 6.28.